The lowest BCUT2D eigenvalue weighted by molar-refractivity contribution is 0.0693. The van der Waals surface area contributed by atoms with Crippen LogP contribution in [0.3, 0.4) is 0 Å². The van der Waals surface area contributed by atoms with E-state index in [-0.39, 0.29) is 36.7 Å². The van der Waals surface area contributed by atoms with Gasteiger partial charge in [0.2, 0.25) is 0 Å². The lowest BCUT2D eigenvalue weighted by Gasteiger charge is -2.19. The Balaban J connectivity index is 1.35. The molecule has 2 aliphatic rings. The van der Waals surface area contributed by atoms with E-state index >= 15 is 0 Å². The van der Waals surface area contributed by atoms with E-state index in [0.717, 1.165) is 28.3 Å². The van der Waals surface area contributed by atoms with Crippen LogP contribution in [0.5, 0.6) is 0 Å². The summed E-state index contributed by atoms with van der Waals surface area (Å²) in [5.74, 6) is -1.72. The predicted molar refractivity (Wildman–Crippen MR) is 108 cm³/mol. The molecule has 1 aliphatic heterocycles. The minimum absolute atomic E-state index is 0.00103. The van der Waals surface area contributed by atoms with Gasteiger partial charge < -0.3 is 9.84 Å². The fourth-order valence-electron chi connectivity index (χ4n) is 4.47. The van der Waals surface area contributed by atoms with Crippen LogP contribution >= 0.6 is 0 Å². The Hall–Kier alpha value is -3.67. The first kappa shape index (κ1) is 18.4. The third kappa shape index (κ3) is 2.84. The molecule has 0 spiro atoms. The van der Waals surface area contributed by atoms with E-state index in [0.29, 0.717) is 5.56 Å². The average Bonchev–Trinajstić information content (AvgIpc) is 3.33. The highest BCUT2D eigenvalue weighted by Gasteiger charge is 2.33. The number of halogens is 1. The number of amides is 1. The number of benzene rings is 3. The third-order valence-corrected chi connectivity index (χ3v) is 5.90. The van der Waals surface area contributed by atoms with E-state index < -0.39 is 17.9 Å². The number of fused-ring (bicyclic) bond motifs is 4. The van der Waals surface area contributed by atoms with Crippen LogP contribution in [0.15, 0.2) is 60.7 Å². The van der Waals surface area contributed by atoms with Crippen molar-refractivity contribution in [3.63, 3.8) is 0 Å². The molecule has 0 saturated carbocycles. The summed E-state index contributed by atoms with van der Waals surface area (Å²) >= 11 is 0. The van der Waals surface area contributed by atoms with Crippen molar-refractivity contribution >= 4 is 12.1 Å². The number of ether oxygens (including phenoxy) is 1. The van der Waals surface area contributed by atoms with Crippen molar-refractivity contribution in [3.8, 4) is 11.1 Å². The van der Waals surface area contributed by atoms with Gasteiger partial charge in [-0.15, -0.1) is 0 Å². The molecule has 3 aromatic rings. The molecule has 0 fully saturated rings. The number of hydrogen-bond acceptors (Lipinski definition) is 3. The molecule has 1 N–H and O–H groups in total. The van der Waals surface area contributed by atoms with Crippen LogP contribution in [0.4, 0.5) is 9.18 Å². The summed E-state index contributed by atoms with van der Waals surface area (Å²) in [5, 5.41) is 9.34. The minimum atomic E-state index is -1.14. The first-order valence-electron chi connectivity index (χ1n) is 9.68. The Morgan fingerprint density at radius 2 is 1.53 bits per heavy atom. The zero-order chi connectivity index (χ0) is 20.8. The number of hydrogen-bond donors (Lipinski definition) is 1. The van der Waals surface area contributed by atoms with Gasteiger partial charge >= 0.3 is 12.1 Å². The van der Waals surface area contributed by atoms with Crippen LogP contribution in [-0.4, -0.2) is 28.7 Å². The second kappa shape index (κ2) is 6.99. The summed E-state index contributed by atoms with van der Waals surface area (Å²) in [6.45, 7) is 0.179. The Morgan fingerprint density at radius 1 is 0.933 bits per heavy atom. The normalized spacial score (nSPS) is 14.2. The Morgan fingerprint density at radius 3 is 2.17 bits per heavy atom. The van der Waals surface area contributed by atoms with Gasteiger partial charge in [0.25, 0.3) is 0 Å². The molecule has 3 aromatic carbocycles. The summed E-state index contributed by atoms with van der Waals surface area (Å²) < 4.78 is 19.8. The molecule has 6 heteroatoms. The molecule has 0 unspecified atom stereocenters. The quantitative estimate of drug-likeness (QED) is 0.683. The number of carbonyl (C=O) groups excluding carboxylic acids is 1. The molecular formula is C24H18FNO4. The van der Waals surface area contributed by atoms with E-state index in [1.165, 1.54) is 11.0 Å². The molecule has 150 valence electrons. The molecule has 5 nitrogen and oxygen atoms in total. The summed E-state index contributed by atoms with van der Waals surface area (Å²) in [6.07, 6.45) is -0.580. The number of rotatable bonds is 3. The Labute approximate surface area is 172 Å². The first-order valence-corrected chi connectivity index (χ1v) is 9.68. The van der Waals surface area contributed by atoms with E-state index in [9.17, 15) is 19.1 Å². The van der Waals surface area contributed by atoms with Crippen LogP contribution in [0.1, 0.15) is 38.5 Å². The van der Waals surface area contributed by atoms with Crippen molar-refractivity contribution in [2.24, 2.45) is 0 Å². The van der Waals surface area contributed by atoms with Gasteiger partial charge in [-0.25, -0.2) is 14.0 Å². The summed E-state index contributed by atoms with van der Waals surface area (Å²) in [6, 6.07) is 18.5. The van der Waals surface area contributed by atoms with Gasteiger partial charge in [-0.1, -0.05) is 48.5 Å². The Kier molecular flexibility index (Phi) is 4.28. The maximum Gasteiger partial charge on any atom is 0.410 e. The molecule has 0 atom stereocenters. The van der Waals surface area contributed by atoms with E-state index in [1.807, 2.05) is 36.4 Å². The molecule has 0 radical (unpaired) electrons. The lowest BCUT2D eigenvalue weighted by Crippen LogP contribution is -2.28. The zero-order valence-electron chi connectivity index (χ0n) is 16.0. The summed E-state index contributed by atoms with van der Waals surface area (Å²) in [5.41, 5.74) is 5.07. The fraction of sp³-hybridized carbons (Fsp3) is 0.167. The van der Waals surface area contributed by atoms with Gasteiger partial charge in [0, 0.05) is 11.5 Å². The van der Waals surface area contributed by atoms with Gasteiger partial charge in [0.15, 0.2) is 0 Å². The summed E-state index contributed by atoms with van der Waals surface area (Å²) in [7, 11) is 0. The second-order valence-corrected chi connectivity index (χ2v) is 7.52. The Bertz CT molecular complexity index is 1140. The van der Waals surface area contributed by atoms with Crippen molar-refractivity contribution in [2.45, 2.75) is 19.0 Å². The molecule has 0 bridgehead atoms. The smallest absolute Gasteiger partial charge is 0.410 e. The highest BCUT2D eigenvalue weighted by Crippen LogP contribution is 2.44. The second-order valence-electron chi connectivity index (χ2n) is 7.52. The highest BCUT2D eigenvalue weighted by molar-refractivity contribution is 5.90. The minimum Gasteiger partial charge on any atom is -0.478 e. The van der Waals surface area contributed by atoms with Crippen LogP contribution < -0.4 is 0 Å². The molecular weight excluding hydrogens is 385 g/mol. The van der Waals surface area contributed by atoms with Crippen molar-refractivity contribution < 1.29 is 23.8 Å². The van der Waals surface area contributed by atoms with E-state index in [1.54, 1.807) is 0 Å². The first-order chi connectivity index (χ1) is 14.5. The van der Waals surface area contributed by atoms with E-state index in [4.69, 9.17) is 4.74 Å². The largest absolute Gasteiger partial charge is 0.478 e. The zero-order valence-corrected chi connectivity index (χ0v) is 16.0. The SMILES string of the molecule is O=C(O)c1ccc(F)c2c1CN(C(=O)OCC1c3ccccc3-c3ccccc31)C2. The molecule has 30 heavy (non-hydrogen) atoms. The predicted octanol–water partition coefficient (Wildman–Crippen LogP) is 4.79. The molecule has 5 rings (SSSR count). The number of carboxylic acids is 1. The van der Waals surface area contributed by atoms with Crippen molar-refractivity contribution in [3.05, 3.63) is 94.3 Å². The highest BCUT2D eigenvalue weighted by atomic mass is 19.1. The maximum absolute atomic E-state index is 14.2. The molecule has 1 heterocycles. The van der Waals surface area contributed by atoms with Gasteiger partial charge in [-0.3, -0.25) is 4.90 Å². The molecule has 1 aliphatic carbocycles. The van der Waals surface area contributed by atoms with Crippen molar-refractivity contribution in [2.75, 3.05) is 6.61 Å². The van der Waals surface area contributed by atoms with Gasteiger partial charge in [0.05, 0.1) is 18.7 Å². The number of carboxylic acid groups (broad SMARTS) is 1. The molecule has 1 amide bonds. The summed E-state index contributed by atoms with van der Waals surface area (Å²) in [4.78, 5) is 25.5. The van der Waals surface area contributed by atoms with Crippen LogP contribution in [0, 0.1) is 5.82 Å². The lowest BCUT2D eigenvalue weighted by atomic mass is 9.98. The standard InChI is InChI=1S/C24H18FNO4/c25-22-10-9-18(23(27)28)19-11-26(12-20(19)22)24(29)30-13-21-16-7-3-1-5-14(16)15-6-2-4-8-17(15)21/h1-10,21H,11-13H2,(H,27,28). The van der Waals surface area contributed by atoms with Gasteiger partial charge in [-0.05, 0) is 39.9 Å². The van der Waals surface area contributed by atoms with Crippen molar-refractivity contribution in [1.82, 2.24) is 4.90 Å². The number of carbonyl (C=O) groups is 2. The third-order valence-electron chi connectivity index (χ3n) is 5.90. The fourth-order valence-corrected chi connectivity index (χ4v) is 4.47. The van der Waals surface area contributed by atoms with Gasteiger partial charge in [-0.2, -0.15) is 0 Å². The average molecular weight is 403 g/mol. The number of nitrogens with zero attached hydrogens (tertiary/aromatic N) is 1. The van der Waals surface area contributed by atoms with Crippen LogP contribution in [0.2, 0.25) is 0 Å². The van der Waals surface area contributed by atoms with Crippen LogP contribution in [-0.2, 0) is 17.8 Å². The molecule has 0 saturated heterocycles. The van der Waals surface area contributed by atoms with Crippen molar-refractivity contribution in [1.29, 1.82) is 0 Å². The topological polar surface area (TPSA) is 66.8 Å². The number of aromatic carboxylic acids is 1. The monoisotopic (exact) mass is 403 g/mol. The maximum atomic E-state index is 14.2. The van der Waals surface area contributed by atoms with Crippen LogP contribution in [0.25, 0.3) is 11.1 Å². The molecule has 0 aromatic heterocycles. The van der Waals surface area contributed by atoms with Gasteiger partial charge in [0.1, 0.15) is 12.4 Å². The van der Waals surface area contributed by atoms with E-state index in [2.05, 4.69) is 12.1 Å².